The fourth-order valence-electron chi connectivity index (χ4n) is 6.73. The lowest BCUT2D eigenvalue weighted by molar-refractivity contribution is -0.140. The number of amides is 4. The van der Waals surface area contributed by atoms with E-state index in [-0.39, 0.29) is 41.2 Å². The number of nitrogens with zero attached hydrogens (tertiary/aromatic N) is 2. The van der Waals surface area contributed by atoms with E-state index in [9.17, 15) is 24.3 Å². The largest absolute Gasteiger partial charge is 0.508 e. The third-order valence-corrected chi connectivity index (χ3v) is 8.26. The van der Waals surface area contributed by atoms with Gasteiger partial charge in [0.2, 0.25) is 23.6 Å². The van der Waals surface area contributed by atoms with Gasteiger partial charge in [-0.05, 0) is 42.5 Å². The molecule has 4 amide bonds. The number of aromatic hydroxyl groups is 1. The monoisotopic (exact) mass is 448 g/mol. The highest BCUT2D eigenvalue weighted by Crippen LogP contribution is 2.57. The van der Waals surface area contributed by atoms with E-state index in [0.717, 1.165) is 16.7 Å². The maximum atomic E-state index is 13.2. The number of phenols is 1. The molecule has 0 bridgehead atoms. The summed E-state index contributed by atoms with van der Waals surface area (Å²) >= 11 is 0. The van der Waals surface area contributed by atoms with E-state index in [4.69, 9.17) is 4.74 Å². The molecule has 33 heavy (non-hydrogen) atoms. The van der Waals surface area contributed by atoms with Crippen molar-refractivity contribution < 1.29 is 29.0 Å². The first-order valence-corrected chi connectivity index (χ1v) is 11.3. The first-order valence-electron chi connectivity index (χ1n) is 11.3. The number of imide groups is 2. The van der Waals surface area contributed by atoms with Crippen molar-refractivity contribution in [2.45, 2.75) is 19.3 Å². The van der Waals surface area contributed by atoms with Crippen LogP contribution in [0.5, 0.6) is 11.5 Å². The van der Waals surface area contributed by atoms with Gasteiger partial charge in [0, 0.05) is 32.0 Å². The van der Waals surface area contributed by atoms with E-state index in [0.29, 0.717) is 25.0 Å². The maximum absolute atomic E-state index is 13.2. The zero-order valence-corrected chi connectivity index (χ0v) is 18.4. The van der Waals surface area contributed by atoms with Crippen molar-refractivity contribution in [3.63, 3.8) is 0 Å². The average molecular weight is 448 g/mol. The van der Waals surface area contributed by atoms with Gasteiger partial charge in [-0.15, -0.1) is 0 Å². The van der Waals surface area contributed by atoms with Gasteiger partial charge >= 0.3 is 0 Å². The number of hydrogen-bond acceptors (Lipinski definition) is 6. The van der Waals surface area contributed by atoms with Crippen molar-refractivity contribution in [3.05, 3.63) is 47.2 Å². The summed E-state index contributed by atoms with van der Waals surface area (Å²) in [6.07, 6.45) is 4.98. The Labute approximate surface area is 190 Å². The molecule has 6 atom stereocenters. The summed E-state index contributed by atoms with van der Waals surface area (Å²) in [5.74, 6) is -2.71. The number of allylic oxidation sites excluding steroid dienone is 3. The number of hydrogen-bond donors (Lipinski definition) is 1. The number of benzene rings is 1. The van der Waals surface area contributed by atoms with E-state index in [2.05, 4.69) is 0 Å². The highest BCUT2D eigenvalue weighted by molar-refractivity contribution is 6.07. The van der Waals surface area contributed by atoms with Gasteiger partial charge in [0.25, 0.3) is 0 Å². The molecule has 1 aromatic rings. The fraction of sp³-hybridized carbons (Fsp3) is 0.440. The minimum absolute atomic E-state index is 0.127. The second kappa shape index (κ2) is 6.79. The average Bonchev–Trinajstić information content (AvgIpc) is 3.17. The van der Waals surface area contributed by atoms with Gasteiger partial charge in [-0.25, -0.2) is 0 Å². The van der Waals surface area contributed by atoms with E-state index in [1.54, 1.807) is 24.5 Å². The first-order chi connectivity index (χ1) is 15.8. The van der Waals surface area contributed by atoms with Crippen LogP contribution in [0.25, 0.3) is 0 Å². The molecule has 0 spiro atoms. The van der Waals surface area contributed by atoms with Crippen LogP contribution in [0.4, 0.5) is 0 Å². The summed E-state index contributed by atoms with van der Waals surface area (Å²) in [6.45, 7) is 0. The molecular formula is C25H24N2O6. The van der Waals surface area contributed by atoms with Crippen molar-refractivity contribution >= 4 is 23.6 Å². The molecule has 3 heterocycles. The van der Waals surface area contributed by atoms with Crippen LogP contribution in [-0.2, 0) is 25.6 Å². The fourth-order valence-corrected chi connectivity index (χ4v) is 6.73. The van der Waals surface area contributed by atoms with Crippen LogP contribution in [0.2, 0.25) is 0 Å². The Hall–Kier alpha value is -3.42. The van der Waals surface area contributed by atoms with E-state index < -0.39 is 23.7 Å². The summed E-state index contributed by atoms with van der Waals surface area (Å²) in [7, 11) is 3.03. The number of carbonyl (C=O) groups is 4. The Morgan fingerprint density at radius 1 is 0.909 bits per heavy atom. The molecule has 8 heteroatoms. The van der Waals surface area contributed by atoms with Crippen molar-refractivity contribution in [1.29, 1.82) is 0 Å². The molecule has 6 rings (SSSR count). The molecular weight excluding hydrogens is 424 g/mol. The normalized spacial score (nSPS) is 34.8. The van der Waals surface area contributed by atoms with Gasteiger partial charge < -0.3 is 9.84 Å². The van der Waals surface area contributed by atoms with E-state index in [1.165, 1.54) is 23.9 Å². The maximum Gasteiger partial charge on any atom is 0.233 e. The lowest BCUT2D eigenvalue weighted by Crippen LogP contribution is -2.44. The molecule has 5 aliphatic rings. The molecule has 1 aromatic carbocycles. The number of fused-ring (bicyclic) bond motifs is 5. The number of ether oxygens (including phenoxy) is 1. The summed E-state index contributed by atoms with van der Waals surface area (Å²) in [5.41, 5.74) is 2.61. The Balaban J connectivity index is 1.46. The third kappa shape index (κ3) is 2.63. The van der Waals surface area contributed by atoms with Crippen molar-refractivity contribution in [2.75, 3.05) is 14.1 Å². The third-order valence-electron chi connectivity index (χ3n) is 8.26. The van der Waals surface area contributed by atoms with Crippen LogP contribution in [0.1, 0.15) is 18.4 Å². The standard InChI is InChI=1S/C25H24N2O6/c1-26-22(29)15-5-4-14-16(20(15)24(26)31)9-17-21(25(32)27(2)23(17)30)19(14)12-7-11-8-13(28)3-6-18(11)33-10-12/h3-4,6,8,10,15-17,19-21,28H,5,7,9H2,1-2H3. The van der Waals surface area contributed by atoms with E-state index >= 15 is 0 Å². The molecule has 2 saturated heterocycles. The minimum Gasteiger partial charge on any atom is -0.508 e. The predicted octanol–water partition coefficient (Wildman–Crippen LogP) is 1.64. The van der Waals surface area contributed by atoms with Crippen LogP contribution in [-0.4, -0.2) is 52.6 Å². The number of rotatable bonds is 1. The Morgan fingerprint density at radius 2 is 1.61 bits per heavy atom. The highest BCUT2D eigenvalue weighted by Gasteiger charge is 2.61. The molecule has 0 aromatic heterocycles. The quantitative estimate of drug-likeness (QED) is 0.517. The molecule has 2 aliphatic carbocycles. The van der Waals surface area contributed by atoms with Crippen LogP contribution in [0, 0.1) is 35.5 Å². The smallest absolute Gasteiger partial charge is 0.233 e. The lowest BCUT2D eigenvalue weighted by Gasteiger charge is -2.45. The molecule has 3 fully saturated rings. The van der Waals surface area contributed by atoms with E-state index in [1.807, 2.05) is 6.08 Å². The molecule has 3 aliphatic heterocycles. The highest BCUT2D eigenvalue weighted by atomic mass is 16.5. The second-order valence-electron chi connectivity index (χ2n) is 9.77. The molecule has 0 radical (unpaired) electrons. The van der Waals surface area contributed by atoms with Crippen molar-refractivity contribution in [1.82, 2.24) is 9.80 Å². The second-order valence-corrected chi connectivity index (χ2v) is 9.77. The zero-order valence-electron chi connectivity index (χ0n) is 18.4. The van der Waals surface area contributed by atoms with Crippen LogP contribution in [0.3, 0.4) is 0 Å². The van der Waals surface area contributed by atoms with Gasteiger partial charge in [0.05, 0.1) is 29.9 Å². The molecule has 1 N–H and O–H groups in total. The number of likely N-dealkylation sites (tertiary alicyclic amines) is 2. The first kappa shape index (κ1) is 20.2. The van der Waals surface area contributed by atoms with Gasteiger partial charge in [0.15, 0.2) is 0 Å². The number of phenolic OH excluding ortho intramolecular Hbond substituents is 1. The van der Waals surface area contributed by atoms with Crippen LogP contribution in [0.15, 0.2) is 41.7 Å². The minimum atomic E-state index is -0.555. The van der Waals surface area contributed by atoms with Gasteiger partial charge in [-0.1, -0.05) is 11.6 Å². The summed E-state index contributed by atoms with van der Waals surface area (Å²) in [5, 5.41) is 9.95. The lowest BCUT2D eigenvalue weighted by atomic mass is 9.56. The zero-order chi connectivity index (χ0) is 23.2. The number of carbonyl (C=O) groups excluding carboxylic acids is 4. The van der Waals surface area contributed by atoms with Gasteiger partial charge in [-0.3, -0.25) is 29.0 Å². The van der Waals surface area contributed by atoms with Crippen molar-refractivity contribution in [2.24, 2.45) is 35.5 Å². The summed E-state index contributed by atoms with van der Waals surface area (Å²) in [6, 6.07) is 4.90. The van der Waals surface area contributed by atoms with Crippen LogP contribution >= 0.6 is 0 Å². The SMILES string of the molecule is CN1C(=O)C2CC=C3C(CC4C(=O)N(C)C(=O)C4C3C3=COc4ccc(O)cc4C3)C2C1=O. The summed E-state index contributed by atoms with van der Waals surface area (Å²) in [4.78, 5) is 54.4. The van der Waals surface area contributed by atoms with Crippen LogP contribution < -0.4 is 4.74 Å². The Bertz CT molecular complexity index is 1200. The van der Waals surface area contributed by atoms with Gasteiger partial charge in [0.1, 0.15) is 11.5 Å². The Morgan fingerprint density at radius 3 is 2.36 bits per heavy atom. The topological polar surface area (TPSA) is 104 Å². The molecule has 6 unspecified atom stereocenters. The molecule has 1 saturated carbocycles. The van der Waals surface area contributed by atoms with Crippen molar-refractivity contribution in [3.8, 4) is 11.5 Å². The molecule has 170 valence electrons. The molecule has 8 nitrogen and oxygen atoms in total. The summed E-state index contributed by atoms with van der Waals surface area (Å²) < 4.78 is 5.86. The van der Waals surface area contributed by atoms with Gasteiger partial charge in [-0.2, -0.15) is 0 Å². The Kier molecular flexibility index (Phi) is 4.16. The predicted molar refractivity (Wildman–Crippen MR) is 114 cm³/mol.